The van der Waals surface area contributed by atoms with Crippen LogP contribution in [0.25, 0.3) is 83.3 Å². The number of ether oxygens (including phenoxy) is 1. The van der Waals surface area contributed by atoms with Gasteiger partial charge in [0.1, 0.15) is 5.82 Å². The Morgan fingerprint density at radius 3 is 1.69 bits per heavy atom. The average molecular weight is 1230 g/mol. The van der Waals surface area contributed by atoms with Crippen molar-refractivity contribution in [3.63, 3.8) is 0 Å². The molecule has 1 aliphatic rings. The van der Waals surface area contributed by atoms with Crippen LogP contribution in [0.15, 0.2) is 237 Å². The summed E-state index contributed by atoms with van der Waals surface area (Å²) < 4.78 is 35.0. The van der Waals surface area contributed by atoms with Gasteiger partial charge in [-0.15, -0.1) is 48.1 Å². The van der Waals surface area contributed by atoms with Crippen LogP contribution in [0.2, 0.25) is 0 Å². The molecule has 2 aromatic heterocycles. The van der Waals surface area contributed by atoms with E-state index in [2.05, 4.69) is 246 Å². The Hall–Kier alpha value is -8.76. The molecular formula is C75H61N4OPt-3. The summed E-state index contributed by atoms with van der Waals surface area (Å²) in [6.45, 7) is 13.2. The van der Waals surface area contributed by atoms with Crippen LogP contribution < -0.4 is 14.5 Å². The normalized spacial score (nSPS) is 13.1. The fourth-order valence-corrected chi connectivity index (χ4v) is 11.1. The molecule has 6 heteroatoms. The van der Waals surface area contributed by atoms with Crippen molar-refractivity contribution in [3.05, 3.63) is 272 Å². The van der Waals surface area contributed by atoms with Gasteiger partial charge in [0.25, 0.3) is 0 Å². The van der Waals surface area contributed by atoms with Crippen LogP contribution in [0.1, 0.15) is 62.3 Å². The zero-order valence-corrected chi connectivity index (χ0v) is 48.4. The number of benzene rings is 10. The summed E-state index contributed by atoms with van der Waals surface area (Å²) in [7, 11) is 0. The maximum atomic E-state index is 8.73. The van der Waals surface area contributed by atoms with E-state index in [0.717, 1.165) is 89.1 Å². The number of anilines is 4. The third-order valence-electron chi connectivity index (χ3n) is 15.4. The Balaban J connectivity index is 0.00000694. The molecule has 5 nitrogen and oxygen atoms in total. The number of aryl methyl sites for hydroxylation is 1. The van der Waals surface area contributed by atoms with Gasteiger partial charge in [-0.3, -0.25) is 0 Å². The van der Waals surface area contributed by atoms with Gasteiger partial charge in [0.15, 0.2) is 0 Å². The molecule has 0 saturated heterocycles. The van der Waals surface area contributed by atoms with Crippen molar-refractivity contribution in [2.75, 3.05) is 9.80 Å². The van der Waals surface area contributed by atoms with E-state index >= 15 is 0 Å². The zero-order chi connectivity index (χ0) is 57.2. The zero-order valence-electron chi connectivity index (χ0n) is 49.1. The first-order valence-corrected chi connectivity index (χ1v) is 27.3. The third kappa shape index (κ3) is 10.2. The molecule has 400 valence electrons. The van der Waals surface area contributed by atoms with Crippen LogP contribution in [-0.4, -0.2) is 9.55 Å². The molecule has 0 unspecified atom stereocenters. The Morgan fingerprint density at radius 2 is 1.00 bits per heavy atom. The van der Waals surface area contributed by atoms with Crippen molar-refractivity contribution < 1.29 is 29.9 Å². The number of hydrogen-bond donors (Lipinski definition) is 0. The van der Waals surface area contributed by atoms with Gasteiger partial charge in [0.05, 0.1) is 0 Å². The number of hydrogen-bond acceptors (Lipinski definition) is 4. The molecule has 1 aliphatic heterocycles. The molecule has 0 bridgehead atoms. The third-order valence-corrected chi connectivity index (χ3v) is 15.4. The van der Waals surface area contributed by atoms with Crippen molar-refractivity contribution in [2.24, 2.45) is 0 Å². The molecule has 12 aromatic rings. The van der Waals surface area contributed by atoms with E-state index in [1.54, 1.807) is 12.3 Å². The van der Waals surface area contributed by atoms with Gasteiger partial charge in [-0.05, 0) is 109 Å². The van der Waals surface area contributed by atoms with E-state index in [4.69, 9.17) is 13.8 Å². The second kappa shape index (κ2) is 21.4. The quantitative estimate of drug-likeness (QED) is 0.128. The summed E-state index contributed by atoms with van der Waals surface area (Å²) in [4.78, 5) is 9.50. The first-order chi connectivity index (χ1) is 40.0. The van der Waals surface area contributed by atoms with E-state index in [9.17, 15) is 0 Å². The second-order valence-electron chi connectivity index (χ2n) is 22.8. The summed E-state index contributed by atoms with van der Waals surface area (Å²) in [5.41, 5.74) is 18.4. The van der Waals surface area contributed by atoms with Crippen molar-refractivity contribution in [3.8, 4) is 73.0 Å². The Bertz CT molecular complexity index is 4390. The van der Waals surface area contributed by atoms with E-state index in [-0.39, 0.29) is 37.5 Å². The van der Waals surface area contributed by atoms with Gasteiger partial charge in [-0.1, -0.05) is 217 Å². The fourth-order valence-electron chi connectivity index (χ4n) is 11.1. The van der Waals surface area contributed by atoms with Gasteiger partial charge in [0, 0.05) is 82.1 Å². The molecule has 0 atom stereocenters. The maximum absolute atomic E-state index is 8.73. The Kier molecular flexibility index (Phi) is 13.0. The van der Waals surface area contributed by atoms with Gasteiger partial charge in [-0.2, -0.15) is 12.1 Å². The van der Waals surface area contributed by atoms with Gasteiger partial charge in [0.2, 0.25) is 0 Å². The topological polar surface area (TPSA) is 33.5 Å². The van der Waals surface area contributed by atoms with Crippen molar-refractivity contribution in [2.45, 2.75) is 59.2 Å². The molecule has 10 aromatic carbocycles. The summed E-state index contributed by atoms with van der Waals surface area (Å²) in [6, 6.07) is 87.2. The summed E-state index contributed by atoms with van der Waals surface area (Å²) in [5, 5.41) is 1.89. The van der Waals surface area contributed by atoms with E-state index in [0.29, 0.717) is 28.4 Å². The smallest absolute Gasteiger partial charge is 0.135 e. The number of para-hydroxylation sites is 3. The van der Waals surface area contributed by atoms with Gasteiger partial charge in [-0.25, -0.2) is 4.98 Å². The largest absolute Gasteiger partial charge is 0.509 e. The van der Waals surface area contributed by atoms with Crippen molar-refractivity contribution in [1.29, 1.82) is 0 Å². The Morgan fingerprint density at radius 1 is 0.457 bits per heavy atom. The number of fused-ring (bicyclic) bond motifs is 4. The number of nitrogens with zero attached hydrogens (tertiary/aromatic N) is 4. The fraction of sp³-hybridized carbons (Fsp3) is 0.120. The monoisotopic (exact) mass is 1230 g/mol. The molecule has 0 amide bonds. The van der Waals surface area contributed by atoms with E-state index < -0.39 is 6.85 Å². The van der Waals surface area contributed by atoms with Crippen LogP contribution in [0.5, 0.6) is 11.5 Å². The van der Waals surface area contributed by atoms with Crippen LogP contribution in [0.3, 0.4) is 0 Å². The molecule has 0 spiro atoms. The first kappa shape index (κ1) is 49.3. The van der Waals surface area contributed by atoms with Crippen molar-refractivity contribution in [1.82, 2.24) is 9.55 Å². The molecule has 0 N–H and O–H groups in total. The molecule has 0 radical (unpaired) electrons. The van der Waals surface area contributed by atoms with Crippen molar-refractivity contribution >= 4 is 44.6 Å². The maximum Gasteiger partial charge on any atom is 0.135 e. The predicted molar refractivity (Wildman–Crippen MR) is 334 cm³/mol. The molecule has 3 heterocycles. The first-order valence-electron chi connectivity index (χ1n) is 28.8. The summed E-state index contributed by atoms with van der Waals surface area (Å²) >= 11 is 0. The molecule has 0 saturated carbocycles. The minimum Gasteiger partial charge on any atom is -0.509 e. The van der Waals surface area contributed by atoms with Crippen LogP contribution in [0, 0.1) is 25.7 Å². The molecule has 13 rings (SSSR count). The predicted octanol–water partition coefficient (Wildman–Crippen LogP) is 20.2. The van der Waals surface area contributed by atoms with E-state index in [1.807, 2.05) is 53.1 Å². The molecule has 0 aliphatic carbocycles. The van der Waals surface area contributed by atoms with Crippen LogP contribution >= 0.6 is 0 Å². The summed E-state index contributed by atoms with van der Waals surface area (Å²) in [5.74, 6) is 1.42. The minimum atomic E-state index is -2.42. The van der Waals surface area contributed by atoms with E-state index in [1.165, 1.54) is 11.1 Å². The number of aromatic nitrogens is 2. The molecule has 81 heavy (non-hydrogen) atoms. The van der Waals surface area contributed by atoms with Gasteiger partial charge < -0.3 is 19.1 Å². The van der Waals surface area contributed by atoms with Gasteiger partial charge >= 0.3 is 0 Å². The molecule has 0 fully saturated rings. The standard InChI is InChI=1S/C75H61N4O.Pt/c1-50-43-72(76-48-67(50)53-21-12-9-13-22-53)79-68-42-35-56(52-31-36-58(37-32-52)74(2,3)4)45-66(68)65-41-40-62(47-71(65)79)80-61-26-17-25-60(46-61)77-49-78(70-30-15-14-29-69(70)77)73-63(54-33-38-59(39-34-54)75(5,6)7)27-18-28-64(73)57-24-16-23-55(44-57)51-19-10-8-11-20-51;/h8-45,48-49H,1-7H3;/q-3;/i1D3;. The number of rotatable bonds is 10. The molecular weight excluding hydrogens is 1170 g/mol. The number of pyridine rings is 1. The second-order valence-corrected chi connectivity index (χ2v) is 22.8. The van der Waals surface area contributed by atoms with Crippen LogP contribution in [-0.2, 0) is 31.9 Å². The SMILES string of the molecule is [2H]C([2H])([2H])c1cc(-n2c3[c-]c(Oc4[c-]c(N5[CH-]N(c6c(-c7ccc(C(C)(C)C)cc7)cccc6-c6cccc(-c7ccccc7)c6)c6ccccc65)ccc4)ccc3c3cc(-c4ccc(C(C)(C)C)cc4)ccc32)ncc1-c1ccccc1.[Pt]. The Labute approximate surface area is 495 Å². The minimum absolute atomic E-state index is 0. The summed E-state index contributed by atoms with van der Waals surface area (Å²) in [6.07, 6.45) is 1.68. The van der Waals surface area contributed by atoms with Crippen LogP contribution in [0.4, 0.5) is 22.7 Å². The average Bonchev–Trinajstić information content (AvgIpc) is 1.83.